The SMILES string of the molecule is CC(C)CC1CCC(C)CC1.CCCCN1CCN(C(C)C)CC1C. The molecule has 1 aliphatic heterocycles. The van der Waals surface area contributed by atoms with Crippen molar-refractivity contribution in [1.82, 2.24) is 9.80 Å². The molecule has 0 aromatic carbocycles. The van der Waals surface area contributed by atoms with Crippen LogP contribution in [0.1, 0.15) is 93.4 Å². The zero-order chi connectivity index (χ0) is 18.8. The van der Waals surface area contributed by atoms with Gasteiger partial charge in [0.25, 0.3) is 0 Å². The summed E-state index contributed by atoms with van der Waals surface area (Å²) in [7, 11) is 0. The first-order chi connectivity index (χ1) is 11.8. The van der Waals surface area contributed by atoms with Crippen LogP contribution in [0.25, 0.3) is 0 Å². The van der Waals surface area contributed by atoms with E-state index in [9.17, 15) is 0 Å². The zero-order valence-electron chi connectivity index (χ0n) is 18.6. The van der Waals surface area contributed by atoms with Gasteiger partial charge in [-0.2, -0.15) is 0 Å². The first-order valence-electron chi connectivity index (χ1n) is 11.3. The van der Waals surface area contributed by atoms with E-state index in [4.69, 9.17) is 0 Å². The average molecular weight is 353 g/mol. The van der Waals surface area contributed by atoms with E-state index < -0.39 is 0 Å². The average Bonchev–Trinajstić information content (AvgIpc) is 2.56. The summed E-state index contributed by atoms with van der Waals surface area (Å²) >= 11 is 0. The second-order valence-corrected chi connectivity index (χ2v) is 9.58. The first-order valence-corrected chi connectivity index (χ1v) is 11.3. The summed E-state index contributed by atoms with van der Waals surface area (Å²) in [6.07, 6.45) is 10.1. The fraction of sp³-hybridized carbons (Fsp3) is 1.00. The Morgan fingerprint density at radius 3 is 2.04 bits per heavy atom. The molecule has 0 N–H and O–H groups in total. The third-order valence-corrected chi connectivity index (χ3v) is 6.27. The third kappa shape index (κ3) is 9.43. The Morgan fingerprint density at radius 2 is 1.56 bits per heavy atom. The van der Waals surface area contributed by atoms with E-state index >= 15 is 0 Å². The molecule has 1 saturated carbocycles. The molecule has 1 aliphatic carbocycles. The van der Waals surface area contributed by atoms with E-state index in [1.807, 2.05) is 0 Å². The lowest BCUT2D eigenvalue weighted by Gasteiger charge is -2.41. The summed E-state index contributed by atoms with van der Waals surface area (Å²) < 4.78 is 0. The summed E-state index contributed by atoms with van der Waals surface area (Å²) in [5.41, 5.74) is 0. The number of piperazine rings is 1. The van der Waals surface area contributed by atoms with Gasteiger partial charge in [0.2, 0.25) is 0 Å². The molecule has 0 amide bonds. The fourth-order valence-corrected chi connectivity index (χ4v) is 4.42. The van der Waals surface area contributed by atoms with Crippen molar-refractivity contribution >= 4 is 0 Å². The minimum absolute atomic E-state index is 0.714. The number of nitrogens with zero attached hydrogens (tertiary/aromatic N) is 2. The highest BCUT2D eigenvalue weighted by Crippen LogP contribution is 2.32. The molecule has 1 heterocycles. The Morgan fingerprint density at radius 1 is 0.920 bits per heavy atom. The predicted octanol–water partition coefficient (Wildman–Crippen LogP) is 6.06. The van der Waals surface area contributed by atoms with Gasteiger partial charge in [-0.25, -0.2) is 0 Å². The zero-order valence-corrected chi connectivity index (χ0v) is 18.6. The summed E-state index contributed by atoms with van der Waals surface area (Å²) in [6.45, 7) is 21.4. The van der Waals surface area contributed by atoms with Crippen molar-refractivity contribution in [3.05, 3.63) is 0 Å². The van der Waals surface area contributed by atoms with E-state index in [0.29, 0.717) is 6.04 Å². The predicted molar refractivity (Wildman–Crippen MR) is 113 cm³/mol. The number of hydrogen-bond donors (Lipinski definition) is 0. The molecule has 2 heteroatoms. The second-order valence-electron chi connectivity index (χ2n) is 9.58. The molecule has 2 rings (SSSR count). The molecule has 0 bridgehead atoms. The van der Waals surface area contributed by atoms with Gasteiger partial charge >= 0.3 is 0 Å². The van der Waals surface area contributed by atoms with E-state index in [2.05, 4.69) is 58.3 Å². The number of unbranched alkanes of at least 4 members (excludes halogenated alkanes) is 1. The normalized spacial score (nSPS) is 28.9. The summed E-state index contributed by atoms with van der Waals surface area (Å²) in [4.78, 5) is 5.23. The summed E-state index contributed by atoms with van der Waals surface area (Å²) in [5.74, 6) is 2.98. The highest BCUT2D eigenvalue weighted by Gasteiger charge is 2.24. The van der Waals surface area contributed by atoms with Gasteiger partial charge in [-0.05, 0) is 57.9 Å². The Bertz CT molecular complexity index is 318. The van der Waals surface area contributed by atoms with E-state index in [0.717, 1.165) is 23.8 Å². The standard InChI is InChI=1S/C12H26N2.C11H22/c1-5-6-7-13-8-9-14(11(2)3)10-12(13)4;1-9(2)8-11-6-4-10(3)5-7-11/h11-12H,5-10H2,1-4H3;9-11H,4-8H2,1-3H3. The van der Waals surface area contributed by atoms with Crippen molar-refractivity contribution in [2.24, 2.45) is 17.8 Å². The van der Waals surface area contributed by atoms with Crippen molar-refractivity contribution in [3.63, 3.8) is 0 Å². The minimum atomic E-state index is 0.714. The molecule has 1 unspecified atom stereocenters. The van der Waals surface area contributed by atoms with E-state index in [-0.39, 0.29) is 0 Å². The van der Waals surface area contributed by atoms with Gasteiger partial charge in [0.15, 0.2) is 0 Å². The van der Waals surface area contributed by atoms with Crippen LogP contribution in [-0.2, 0) is 0 Å². The Balaban J connectivity index is 0.000000257. The first kappa shape index (κ1) is 23.0. The third-order valence-electron chi connectivity index (χ3n) is 6.27. The lowest BCUT2D eigenvalue weighted by Crippen LogP contribution is -2.53. The molecular weight excluding hydrogens is 304 g/mol. The fourth-order valence-electron chi connectivity index (χ4n) is 4.42. The van der Waals surface area contributed by atoms with Crippen LogP contribution in [0.15, 0.2) is 0 Å². The van der Waals surface area contributed by atoms with Crippen molar-refractivity contribution in [2.45, 2.75) is 105 Å². The highest BCUT2D eigenvalue weighted by molar-refractivity contribution is 4.80. The molecule has 1 saturated heterocycles. The molecule has 150 valence electrons. The van der Waals surface area contributed by atoms with Crippen LogP contribution < -0.4 is 0 Å². The molecule has 1 atom stereocenters. The van der Waals surface area contributed by atoms with Crippen LogP contribution in [0, 0.1) is 17.8 Å². The van der Waals surface area contributed by atoms with Gasteiger partial charge in [-0.3, -0.25) is 9.80 Å². The topological polar surface area (TPSA) is 6.48 Å². The van der Waals surface area contributed by atoms with Crippen molar-refractivity contribution < 1.29 is 0 Å². The van der Waals surface area contributed by atoms with Crippen LogP contribution in [0.5, 0.6) is 0 Å². The maximum absolute atomic E-state index is 2.64. The van der Waals surface area contributed by atoms with Crippen molar-refractivity contribution in [2.75, 3.05) is 26.2 Å². The molecular formula is C23H48N2. The van der Waals surface area contributed by atoms with Gasteiger partial charge in [-0.1, -0.05) is 59.8 Å². The number of rotatable bonds is 6. The quantitative estimate of drug-likeness (QED) is 0.573. The Kier molecular flexibility index (Phi) is 11.3. The smallest absolute Gasteiger partial charge is 0.0195 e. The van der Waals surface area contributed by atoms with Gasteiger partial charge in [0.1, 0.15) is 0 Å². The Labute approximate surface area is 159 Å². The summed E-state index contributed by atoms with van der Waals surface area (Å²) in [5, 5.41) is 0. The van der Waals surface area contributed by atoms with Crippen LogP contribution in [0.2, 0.25) is 0 Å². The maximum atomic E-state index is 2.64. The molecule has 2 aliphatic rings. The van der Waals surface area contributed by atoms with Crippen LogP contribution in [0.3, 0.4) is 0 Å². The minimum Gasteiger partial charge on any atom is -0.298 e. The van der Waals surface area contributed by atoms with Gasteiger partial charge in [-0.15, -0.1) is 0 Å². The van der Waals surface area contributed by atoms with Crippen LogP contribution >= 0.6 is 0 Å². The van der Waals surface area contributed by atoms with Gasteiger partial charge in [0, 0.05) is 31.7 Å². The molecule has 2 nitrogen and oxygen atoms in total. The molecule has 0 spiro atoms. The summed E-state index contributed by atoms with van der Waals surface area (Å²) in [6, 6.07) is 1.46. The van der Waals surface area contributed by atoms with Gasteiger partial charge in [0.05, 0.1) is 0 Å². The Hall–Kier alpha value is -0.0800. The van der Waals surface area contributed by atoms with Crippen molar-refractivity contribution in [3.8, 4) is 0 Å². The van der Waals surface area contributed by atoms with E-state index in [1.165, 1.54) is 71.1 Å². The van der Waals surface area contributed by atoms with E-state index in [1.54, 1.807) is 0 Å². The molecule has 25 heavy (non-hydrogen) atoms. The van der Waals surface area contributed by atoms with Crippen LogP contribution in [0.4, 0.5) is 0 Å². The van der Waals surface area contributed by atoms with Crippen molar-refractivity contribution in [1.29, 1.82) is 0 Å². The second kappa shape index (κ2) is 12.3. The highest BCUT2D eigenvalue weighted by atomic mass is 15.3. The van der Waals surface area contributed by atoms with Crippen LogP contribution in [-0.4, -0.2) is 48.1 Å². The lowest BCUT2D eigenvalue weighted by atomic mass is 9.79. The molecule has 0 radical (unpaired) electrons. The maximum Gasteiger partial charge on any atom is 0.0195 e. The monoisotopic (exact) mass is 352 g/mol. The number of hydrogen-bond acceptors (Lipinski definition) is 2. The molecule has 2 fully saturated rings. The molecule has 0 aromatic heterocycles. The van der Waals surface area contributed by atoms with Gasteiger partial charge < -0.3 is 0 Å². The lowest BCUT2D eigenvalue weighted by molar-refractivity contribution is 0.0640. The largest absolute Gasteiger partial charge is 0.298 e. The molecule has 0 aromatic rings.